The molecule has 5 atom stereocenters. The number of rotatable bonds is 4. The molecule has 0 saturated heterocycles. The summed E-state index contributed by atoms with van der Waals surface area (Å²) >= 11 is 4.54. The lowest BCUT2D eigenvalue weighted by molar-refractivity contribution is 0.0703. The van der Waals surface area contributed by atoms with Crippen molar-refractivity contribution < 1.29 is 10.2 Å². The summed E-state index contributed by atoms with van der Waals surface area (Å²) in [6.07, 6.45) is 9.99. The van der Waals surface area contributed by atoms with Crippen molar-refractivity contribution in [2.24, 2.45) is 30.7 Å². The molecule has 3 aromatic rings. The first-order chi connectivity index (χ1) is 13.1. The van der Waals surface area contributed by atoms with Crippen LogP contribution in [0.15, 0.2) is 30.9 Å². The zero-order valence-electron chi connectivity index (χ0n) is 15.2. The number of hydrogen-bond donors (Lipinski definition) is 3. The van der Waals surface area contributed by atoms with Crippen LogP contribution >= 0.6 is 12.8 Å². The number of nitrogens with zero attached hydrogens (tertiary/aromatic N) is 4. The second-order valence-electron chi connectivity index (χ2n) is 8.12. The molecule has 0 aliphatic heterocycles. The van der Waals surface area contributed by atoms with Crippen molar-refractivity contribution in [3.63, 3.8) is 0 Å². The molecule has 2 bridgehead atoms. The molecular formula is C20H24N4O2S. The van der Waals surface area contributed by atoms with Gasteiger partial charge in [-0.05, 0) is 54.1 Å². The zero-order valence-corrected chi connectivity index (χ0v) is 16.1. The van der Waals surface area contributed by atoms with Gasteiger partial charge in [-0.1, -0.05) is 12.8 Å². The normalized spacial score (nSPS) is 29.9. The third-order valence-corrected chi connectivity index (χ3v) is 7.17. The van der Waals surface area contributed by atoms with E-state index < -0.39 is 0 Å². The average molecular weight is 385 g/mol. The van der Waals surface area contributed by atoms with E-state index in [1.807, 2.05) is 31.8 Å². The summed E-state index contributed by atoms with van der Waals surface area (Å²) in [7, 11) is 1.91. The van der Waals surface area contributed by atoms with Crippen LogP contribution in [0.25, 0.3) is 22.2 Å². The van der Waals surface area contributed by atoms with E-state index in [1.54, 1.807) is 8.65 Å². The number of hydrogen-bond acceptors (Lipinski definition) is 5. The summed E-state index contributed by atoms with van der Waals surface area (Å²) in [5, 5.41) is 25.0. The number of aliphatic hydroxyl groups excluding tert-OH is 2. The second kappa shape index (κ2) is 6.36. The van der Waals surface area contributed by atoms with Crippen LogP contribution in [0.5, 0.6) is 0 Å². The molecule has 2 aliphatic rings. The number of pyridine rings is 1. The smallest absolute Gasteiger partial charge is 0.150 e. The zero-order chi connectivity index (χ0) is 18.7. The maximum atomic E-state index is 9.88. The van der Waals surface area contributed by atoms with Crippen molar-refractivity contribution in [3.05, 3.63) is 36.4 Å². The Morgan fingerprint density at radius 1 is 1.15 bits per heavy atom. The summed E-state index contributed by atoms with van der Waals surface area (Å²) < 4.78 is 3.56. The molecule has 5 rings (SSSR count). The van der Waals surface area contributed by atoms with Gasteiger partial charge in [0.05, 0.1) is 6.20 Å². The predicted molar refractivity (Wildman–Crippen MR) is 106 cm³/mol. The van der Waals surface area contributed by atoms with Gasteiger partial charge in [-0.15, -0.1) is 0 Å². The standard InChI is InChI=1S/C20H24N4O2S/c1-23-7-13(6-22-23)17-8-24(27)20-16(17)4-12(5-21-20)14-2-11-3-15(14)19(10-26)18(11)9-25/h4-8,11,14-15,18-19,25-27H,2-3,9-10H2,1H3. The van der Waals surface area contributed by atoms with Gasteiger partial charge in [-0.25, -0.2) is 4.98 Å². The van der Waals surface area contributed by atoms with Crippen LogP contribution in [-0.4, -0.2) is 42.2 Å². The van der Waals surface area contributed by atoms with Crippen LogP contribution in [0.4, 0.5) is 0 Å². The van der Waals surface area contributed by atoms with Crippen LogP contribution in [0.3, 0.4) is 0 Å². The van der Waals surface area contributed by atoms with E-state index in [0.717, 1.165) is 35.0 Å². The monoisotopic (exact) mass is 384 g/mol. The van der Waals surface area contributed by atoms with E-state index in [4.69, 9.17) is 4.98 Å². The van der Waals surface area contributed by atoms with Gasteiger partial charge in [0.1, 0.15) is 5.65 Å². The Morgan fingerprint density at radius 3 is 2.67 bits per heavy atom. The second-order valence-corrected chi connectivity index (χ2v) is 8.56. The van der Waals surface area contributed by atoms with Crippen molar-refractivity contribution in [2.45, 2.75) is 18.8 Å². The molecule has 2 fully saturated rings. The molecule has 2 N–H and O–H groups in total. The van der Waals surface area contributed by atoms with Gasteiger partial charge in [0.15, 0.2) is 0 Å². The van der Waals surface area contributed by atoms with Crippen LogP contribution in [0.1, 0.15) is 24.3 Å². The molecule has 0 radical (unpaired) electrons. The Hall–Kier alpha value is -1.83. The van der Waals surface area contributed by atoms with Gasteiger partial charge in [0, 0.05) is 55.4 Å². The molecule has 0 amide bonds. The molecule has 3 heterocycles. The molecule has 6 nitrogen and oxygen atoms in total. The highest BCUT2D eigenvalue weighted by Gasteiger charge is 2.52. The predicted octanol–water partition coefficient (Wildman–Crippen LogP) is 2.47. The van der Waals surface area contributed by atoms with Crippen LogP contribution in [0, 0.1) is 23.7 Å². The molecule has 7 heteroatoms. The van der Waals surface area contributed by atoms with Crippen molar-refractivity contribution in [2.75, 3.05) is 13.2 Å². The van der Waals surface area contributed by atoms with E-state index in [2.05, 4.69) is 24.0 Å². The van der Waals surface area contributed by atoms with Crippen LogP contribution in [0.2, 0.25) is 0 Å². The van der Waals surface area contributed by atoms with E-state index in [9.17, 15) is 10.2 Å². The van der Waals surface area contributed by atoms with Gasteiger partial charge in [0.25, 0.3) is 0 Å². The molecule has 142 valence electrons. The molecule has 0 spiro atoms. The molecule has 3 aromatic heterocycles. The molecule has 0 aromatic carbocycles. The summed E-state index contributed by atoms with van der Waals surface area (Å²) in [6.45, 7) is 0.344. The van der Waals surface area contributed by atoms with Crippen molar-refractivity contribution in [1.82, 2.24) is 18.7 Å². The summed E-state index contributed by atoms with van der Waals surface area (Å²) in [5.41, 5.74) is 4.21. The first-order valence-corrected chi connectivity index (χ1v) is 9.91. The lowest BCUT2D eigenvalue weighted by Gasteiger charge is -2.34. The Bertz CT molecular complexity index is 997. The maximum absolute atomic E-state index is 9.88. The fraction of sp³-hybridized carbons (Fsp3) is 0.500. The van der Waals surface area contributed by atoms with Crippen molar-refractivity contribution in [3.8, 4) is 11.1 Å². The van der Waals surface area contributed by atoms with Gasteiger partial charge in [-0.2, -0.15) is 5.10 Å². The number of aromatic nitrogens is 4. The van der Waals surface area contributed by atoms with E-state index in [-0.39, 0.29) is 25.0 Å². The summed E-state index contributed by atoms with van der Waals surface area (Å²) in [6, 6.07) is 2.24. The highest BCUT2D eigenvalue weighted by atomic mass is 32.1. The average Bonchev–Trinajstić information content (AvgIpc) is 3.43. The lowest BCUT2D eigenvalue weighted by Crippen LogP contribution is -2.31. The quantitative estimate of drug-likeness (QED) is 0.604. The third kappa shape index (κ3) is 2.56. The maximum Gasteiger partial charge on any atom is 0.150 e. The third-order valence-electron chi connectivity index (χ3n) is 6.87. The number of thiol groups is 1. The summed E-state index contributed by atoms with van der Waals surface area (Å²) in [4.78, 5) is 4.70. The molecular weight excluding hydrogens is 360 g/mol. The van der Waals surface area contributed by atoms with Crippen LogP contribution in [-0.2, 0) is 7.05 Å². The highest BCUT2D eigenvalue weighted by Crippen LogP contribution is 2.58. The Kier molecular flexibility index (Phi) is 4.07. The lowest BCUT2D eigenvalue weighted by atomic mass is 9.72. The molecule has 2 aliphatic carbocycles. The first-order valence-electron chi connectivity index (χ1n) is 9.51. The van der Waals surface area contributed by atoms with Crippen LogP contribution < -0.4 is 0 Å². The topological polar surface area (TPSA) is 76.1 Å². The SMILES string of the molecule is Cn1cc(-c2cn(S)c3ncc(C4CC5CC4C(CO)C5CO)cc23)cn1. The fourth-order valence-electron chi connectivity index (χ4n) is 5.64. The van der Waals surface area contributed by atoms with Gasteiger partial charge in [0.2, 0.25) is 0 Å². The largest absolute Gasteiger partial charge is 0.396 e. The minimum Gasteiger partial charge on any atom is -0.396 e. The number of fused-ring (bicyclic) bond motifs is 3. The number of aliphatic hydroxyl groups is 2. The van der Waals surface area contributed by atoms with Crippen molar-refractivity contribution in [1.29, 1.82) is 0 Å². The van der Waals surface area contributed by atoms with Gasteiger partial charge in [-0.3, -0.25) is 8.65 Å². The molecule has 27 heavy (non-hydrogen) atoms. The van der Waals surface area contributed by atoms with Crippen molar-refractivity contribution >= 4 is 23.8 Å². The van der Waals surface area contributed by atoms with E-state index in [0.29, 0.717) is 17.8 Å². The Morgan fingerprint density at radius 2 is 1.96 bits per heavy atom. The minimum atomic E-state index is 0.159. The Balaban J connectivity index is 1.56. The minimum absolute atomic E-state index is 0.159. The highest BCUT2D eigenvalue weighted by molar-refractivity contribution is 7.78. The first kappa shape index (κ1) is 17.3. The number of aryl methyl sites for hydroxylation is 1. The van der Waals surface area contributed by atoms with Gasteiger partial charge < -0.3 is 10.2 Å². The Labute approximate surface area is 163 Å². The summed E-state index contributed by atoms with van der Waals surface area (Å²) in [5.74, 6) is 1.78. The van der Waals surface area contributed by atoms with E-state index >= 15 is 0 Å². The molecule has 2 saturated carbocycles. The van der Waals surface area contributed by atoms with Gasteiger partial charge >= 0.3 is 0 Å². The van der Waals surface area contributed by atoms with E-state index in [1.165, 1.54) is 5.56 Å². The fourth-order valence-corrected chi connectivity index (χ4v) is 5.91. The molecule has 5 unspecified atom stereocenters.